The van der Waals surface area contributed by atoms with E-state index in [1.165, 1.54) is 30.4 Å². The summed E-state index contributed by atoms with van der Waals surface area (Å²) in [5.41, 5.74) is 1.52. The molecule has 1 aromatic heterocycles. The Hall–Kier alpha value is -0.800. The third-order valence-corrected chi connectivity index (χ3v) is 5.36. The van der Waals surface area contributed by atoms with Crippen LogP contribution < -0.4 is 5.32 Å². The molecule has 3 rings (SSSR count). The highest BCUT2D eigenvalue weighted by atomic mass is 35.5. The summed E-state index contributed by atoms with van der Waals surface area (Å²) < 4.78 is 1.20. The van der Waals surface area contributed by atoms with Crippen molar-refractivity contribution in [1.82, 2.24) is 4.98 Å². The van der Waals surface area contributed by atoms with Crippen molar-refractivity contribution in [2.75, 3.05) is 11.9 Å². The van der Waals surface area contributed by atoms with Crippen LogP contribution >= 0.6 is 22.9 Å². The average Bonchev–Trinajstić information content (AvgIpc) is 2.70. The molecule has 1 aromatic carbocycles. The SMILES string of the molecule is CCC1(CNc2nc3cc(Cl)ccc3s2)CCC1. The molecule has 0 amide bonds. The lowest BCUT2D eigenvalue weighted by Gasteiger charge is -2.41. The average molecular weight is 281 g/mol. The second-order valence-electron chi connectivity index (χ2n) is 5.19. The second kappa shape index (κ2) is 4.71. The Balaban J connectivity index is 1.74. The predicted molar refractivity (Wildman–Crippen MR) is 79.7 cm³/mol. The zero-order valence-corrected chi connectivity index (χ0v) is 12.1. The van der Waals surface area contributed by atoms with Crippen LogP contribution in [-0.4, -0.2) is 11.5 Å². The molecule has 18 heavy (non-hydrogen) atoms. The molecule has 0 spiro atoms. The van der Waals surface area contributed by atoms with Gasteiger partial charge in [-0.05, 0) is 42.9 Å². The van der Waals surface area contributed by atoms with Gasteiger partial charge in [0.1, 0.15) is 0 Å². The first-order valence-corrected chi connectivity index (χ1v) is 7.70. The van der Waals surface area contributed by atoms with Crippen molar-refractivity contribution in [2.45, 2.75) is 32.6 Å². The van der Waals surface area contributed by atoms with Crippen LogP contribution in [0.1, 0.15) is 32.6 Å². The van der Waals surface area contributed by atoms with Crippen molar-refractivity contribution in [3.63, 3.8) is 0 Å². The summed E-state index contributed by atoms with van der Waals surface area (Å²) in [5.74, 6) is 0. The van der Waals surface area contributed by atoms with Crippen molar-refractivity contribution in [3.05, 3.63) is 23.2 Å². The standard InChI is InChI=1S/C14H17ClN2S/c1-2-14(6-3-7-14)9-16-13-17-11-8-10(15)4-5-12(11)18-13/h4-5,8H,2-3,6-7,9H2,1H3,(H,16,17). The number of halogens is 1. The van der Waals surface area contributed by atoms with E-state index in [-0.39, 0.29) is 0 Å². The van der Waals surface area contributed by atoms with E-state index in [1.807, 2.05) is 18.2 Å². The largest absolute Gasteiger partial charge is 0.361 e. The lowest BCUT2D eigenvalue weighted by Crippen LogP contribution is -2.35. The Morgan fingerprint density at radius 2 is 2.28 bits per heavy atom. The van der Waals surface area contributed by atoms with Gasteiger partial charge in [0.2, 0.25) is 0 Å². The number of rotatable bonds is 4. The van der Waals surface area contributed by atoms with Crippen LogP contribution in [0.25, 0.3) is 10.2 Å². The molecule has 4 heteroatoms. The minimum absolute atomic E-state index is 0.523. The molecule has 1 heterocycles. The summed E-state index contributed by atoms with van der Waals surface area (Å²) in [5, 5.41) is 5.29. The van der Waals surface area contributed by atoms with E-state index in [1.54, 1.807) is 11.3 Å². The van der Waals surface area contributed by atoms with Crippen LogP contribution in [0.4, 0.5) is 5.13 Å². The number of nitrogens with one attached hydrogen (secondary N) is 1. The Morgan fingerprint density at radius 3 is 2.94 bits per heavy atom. The van der Waals surface area contributed by atoms with Crippen LogP contribution in [0, 0.1) is 5.41 Å². The first-order chi connectivity index (χ1) is 8.71. The number of aromatic nitrogens is 1. The van der Waals surface area contributed by atoms with Gasteiger partial charge in [-0.2, -0.15) is 0 Å². The van der Waals surface area contributed by atoms with Crippen LogP contribution in [0.5, 0.6) is 0 Å². The first-order valence-electron chi connectivity index (χ1n) is 6.51. The smallest absolute Gasteiger partial charge is 0.183 e. The molecule has 0 bridgehead atoms. The molecule has 1 fully saturated rings. The fourth-order valence-electron chi connectivity index (χ4n) is 2.57. The molecule has 1 aliphatic carbocycles. The fourth-order valence-corrected chi connectivity index (χ4v) is 3.58. The Labute approximate surface area is 116 Å². The monoisotopic (exact) mass is 280 g/mol. The highest BCUT2D eigenvalue weighted by Crippen LogP contribution is 2.44. The Kier molecular flexibility index (Phi) is 3.20. The molecule has 0 radical (unpaired) electrons. The summed E-state index contributed by atoms with van der Waals surface area (Å²) >= 11 is 7.69. The molecule has 1 saturated carbocycles. The molecule has 2 aromatic rings. The van der Waals surface area contributed by atoms with E-state index < -0.39 is 0 Å². The number of hydrogen-bond acceptors (Lipinski definition) is 3. The molecule has 96 valence electrons. The summed E-state index contributed by atoms with van der Waals surface area (Å²) in [7, 11) is 0. The molecule has 0 aliphatic heterocycles. The van der Waals surface area contributed by atoms with Gasteiger partial charge < -0.3 is 5.32 Å². The summed E-state index contributed by atoms with van der Waals surface area (Å²) in [4.78, 5) is 4.59. The maximum atomic E-state index is 5.98. The van der Waals surface area contributed by atoms with Gasteiger partial charge in [0, 0.05) is 11.6 Å². The molecular formula is C14H17ClN2S. The van der Waals surface area contributed by atoms with Gasteiger partial charge in [0.15, 0.2) is 5.13 Å². The third-order valence-electron chi connectivity index (χ3n) is 4.13. The van der Waals surface area contributed by atoms with Crippen molar-refractivity contribution < 1.29 is 0 Å². The van der Waals surface area contributed by atoms with E-state index in [0.717, 1.165) is 22.2 Å². The van der Waals surface area contributed by atoms with Gasteiger partial charge >= 0.3 is 0 Å². The summed E-state index contributed by atoms with van der Waals surface area (Å²) in [6, 6.07) is 5.89. The van der Waals surface area contributed by atoms with Gasteiger partial charge in [0.25, 0.3) is 0 Å². The van der Waals surface area contributed by atoms with Crippen molar-refractivity contribution >= 4 is 38.3 Å². The maximum absolute atomic E-state index is 5.98. The minimum Gasteiger partial charge on any atom is -0.361 e. The van der Waals surface area contributed by atoms with Gasteiger partial charge in [-0.15, -0.1) is 0 Å². The number of anilines is 1. The summed E-state index contributed by atoms with van der Waals surface area (Å²) in [6.07, 6.45) is 5.35. The zero-order valence-electron chi connectivity index (χ0n) is 10.5. The van der Waals surface area contributed by atoms with E-state index in [0.29, 0.717) is 5.41 Å². The number of thiazole rings is 1. The lowest BCUT2D eigenvalue weighted by molar-refractivity contribution is 0.145. The van der Waals surface area contributed by atoms with Crippen LogP contribution in [-0.2, 0) is 0 Å². The number of hydrogen-bond donors (Lipinski definition) is 1. The van der Waals surface area contributed by atoms with Crippen LogP contribution in [0.2, 0.25) is 5.02 Å². The topological polar surface area (TPSA) is 24.9 Å². The minimum atomic E-state index is 0.523. The van der Waals surface area contributed by atoms with Crippen LogP contribution in [0.3, 0.4) is 0 Å². The third kappa shape index (κ3) is 2.21. The normalized spacial score (nSPS) is 17.7. The molecule has 1 aliphatic rings. The molecule has 0 unspecified atom stereocenters. The van der Waals surface area contributed by atoms with Crippen LogP contribution in [0.15, 0.2) is 18.2 Å². The molecule has 0 saturated heterocycles. The van der Waals surface area contributed by atoms with E-state index in [4.69, 9.17) is 11.6 Å². The lowest BCUT2D eigenvalue weighted by atomic mass is 9.67. The summed E-state index contributed by atoms with van der Waals surface area (Å²) in [6.45, 7) is 3.34. The molecule has 2 nitrogen and oxygen atoms in total. The second-order valence-corrected chi connectivity index (χ2v) is 6.66. The molecule has 1 N–H and O–H groups in total. The van der Waals surface area contributed by atoms with E-state index in [2.05, 4.69) is 17.2 Å². The highest BCUT2D eigenvalue weighted by molar-refractivity contribution is 7.22. The maximum Gasteiger partial charge on any atom is 0.183 e. The van der Waals surface area contributed by atoms with Gasteiger partial charge in [0.05, 0.1) is 10.2 Å². The number of nitrogens with zero attached hydrogens (tertiary/aromatic N) is 1. The van der Waals surface area contributed by atoms with E-state index >= 15 is 0 Å². The first kappa shape index (κ1) is 12.2. The van der Waals surface area contributed by atoms with Gasteiger partial charge in [-0.25, -0.2) is 4.98 Å². The zero-order chi connectivity index (χ0) is 12.6. The Bertz CT molecular complexity index is 554. The van der Waals surface area contributed by atoms with E-state index in [9.17, 15) is 0 Å². The molecule has 0 atom stereocenters. The highest BCUT2D eigenvalue weighted by Gasteiger charge is 2.34. The van der Waals surface area contributed by atoms with Gasteiger partial charge in [-0.1, -0.05) is 36.3 Å². The Morgan fingerprint density at radius 1 is 1.44 bits per heavy atom. The van der Waals surface area contributed by atoms with Crippen molar-refractivity contribution in [1.29, 1.82) is 0 Å². The fraction of sp³-hybridized carbons (Fsp3) is 0.500. The number of benzene rings is 1. The van der Waals surface area contributed by atoms with Crippen molar-refractivity contribution in [3.8, 4) is 0 Å². The quantitative estimate of drug-likeness (QED) is 0.858. The predicted octanol–water partition coefficient (Wildman–Crippen LogP) is 4.94. The molecular weight excluding hydrogens is 264 g/mol. The van der Waals surface area contributed by atoms with Gasteiger partial charge in [-0.3, -0.25) is 0 Å². The van der Waals surface area contributed by atoms with Crippen molar-refractivity contribution in [2.24, 2.45) is 5.41 Å². The number of fused-ring (bicyclic) bond motifs is 1.